The Morgan fingerprint density at radius 2 is 1.46 bits per heavy atom. The lowest BCUT2D eigenvalue weighted by molar-refractivity contribution is -0.117. The van der Waals surface area contributed by atoms with Crippen LogP contribution in [0.1, 0.15) is 46.5 Å². The lowest BCUT2D eigenvalue weighted by Gasteiger charge is -2.43. The number of Topliss-reactive ketones (excluding diaryl/α,β-unsaturated/α-hetero) is 1. The standard InChI is InChI=1S/C27H39O6PSi/c1-27(2,3)35(25-12-8-6-9-13-25,26-14-10-7-11-15-26)32-20-24-19-18-23(33-24)17-16-22(28)21-34(29,30-4)31-5/h6-15,23-24H,16-21H2,1-5H3/t23-,24+/m0/s1. The first-order valence-corrected chi connectivity index (χ1v) is 15.9. The predicted molar refractivity (Wildman–Crippen MR) is 142 cm³/mol. The van der Waals surface area contributed by atoms with Crippen LogP contribution in [0, 0.1) is 0 Å². The largest absolute Gasteiger partial charge is 0.405 e. The van der Waals surface area contributed by atoms with Crippen molar-refractivity contribution in [2.75, 3.05) is 27.0 Å². The fourth-order valence-corrected chi connectivity index (χ4v) is 10.5. The average molecular weight is 519 g/mol. The molecule has 1 aliphatic heterocycles. The van der Waals surface area contributed by atoms with Gasteiger partial charge in [-0.2, -0.15) is 0 Å². The first-order valence-electron chi connectivity index (χ1n) is 12.3. The number of ether oxygens (including phenoxy) is 1. The highest BCUT2D eigenvalue weighted by molar-refractivity contribution is 7.54. The third-order valence-electron chi connectivity index (χ3n) is 6.77. The molecule has 2 aromatic carbocycles. The SMILES string of the molecule is COP(=O)(CC(=O)CC[C@H]1CC[C@H](CO[Si](c2ccccc2)(c2ccccc2)C(C)(C)C)O1)OC. The minimum atomic E-state index is -3.32. The lowest BCUT2D eigenvalue weighted by Crippen LogP contribution is -2.67. The van der Waals surface area contributed by atoms with Gasteiger partial charge in [0, 0.05) is 20.6 Å². The third kappa shape index (κ3) is 6.79. The maximum Gasteiger partial charge on any atom is 0.337 e. The lowest BCUT2D eigenvalue weighted by atomic mass is 10.1. The molecule has 2 atom stereocenters. The summed E-state index contributed by atoms with van der Waals surface area (Å²) in [6, 6.07) is 21.2. The van der Waals surface area contributed by atoms with Crippen LogP contribution in [0.15, 0.2) is 60.7 Å². The van der Waals surface area contributed by atoms with Crippen molar-refractivity contribution in [1.29, 1.82) is 0 Å². The third-order valence-corrected chi connectivity index (χ3v) is 13.6. The van der Waals surface area contributed by atoms with Gasteiger partial charge in [0.2, 0.25) is 0 Å². The molecule has 0 unspecified atom stereocenters. The zero-order valence-electron chi connectivity index (χ0n) is 21.6. The second-order valence-electron chi connectivity index (χ2n) is 10.1. The summed E-state index contributed by atoms with van der Waals surface area (Å²) in [7, 11) is -3.32. The Morgan fingerprint density at radius 3 is 1.94 bits per heavy atom. The van der Waals surface area contributed by atoms with Gasteiger partial charge in [0.05, 0.1) is 18.8 Å². The van der Waals surface area contributed by atoms with E-state index >= 15 is 0 Å². The number of hydrogen-bond donors (Lipinski definition) is 0. The van der Waals surface area contributed by atoms with Crippen LogP contribution in [-0.2, 0) is 27.6 Å². The quantitative estimate of drug-likeness (QED) is 0.293. The van der Waals surface area contributed by atoms with Crippen molar-refractivity contribution in [3.05, 3.63) is 60.7 Å². The second kappa shape index (κ2) is 12.1. The van der Waals surface area contributed by atoms with E-state index in [9.17, 15) is 9.36 Å². The van der Waals surface area contributed by atoms with Gasteiger partial charge in [-0.3, -0.25) is 9.36 Å². The van der Waals surface area contributed by atoms with Crippen molar-refractivity contribution < 1.29 is 27.6 Å². The van der Waals surface area contributed by atoms with E-state index in [1.54, 1.807) is 0 Å². The molecule has 0 spiro atoms. The summed E-state index contributed by atoms with van der Waals surface area (Å²) in [5.74, 6) is -0.132. The molecule has 1 fully saturated rings. The Balaban J connectivity index is 1.67. The highest BCUT2D eigenvalue weighted by Gasteiger charge is 2.50. The molecule has 35 heavy (non-hydrogen) atoms. The number of hydrogen-bond acceptors (Lipinski definition) is 6. The highest BCUT2D eigenvalue weighted by Crippen LogP contribution is 2.46. The molecule has 0 aliphatic carbocycles. The molecule has 0 aromatic heterocycles. The topological polar surface area (TPSA) is 71.1 Å². The van der Waals surface area contributed by atoms with E-state index in [2.05, 4.69) is 69.3 Å². The summed E-state index contributed by atoms with van der Waals surface area (Å²) in [5, 5.41) is 2.41. The Bertz CT molecular complexity index is 944. The zero-order valence-corrected chi connectivity index (χ0v) is 23.5. The van der Waals surface area contributed by atoms with Gasteiger partial charge in [-0.25, -0.2) is 0 Å². The van der Waals surface area contributed by atoms with Crippen LogP contribution in [0.3, 0.4) is 0 Å². The van der Waals surface area contributed by atoms with Crippen LogP contribution < -0.4 is 10.4 Å². The van der Waals surface area contributed by atoms with E-state index in [1.165, 1.54) is 24.6 Å². The number of carbonyl (C=O) groups excluding carboxylic acids is 1. The smallest absolute Gasteiger partial charge is 0.337 e. The number of rotatable bonds is 12. The van der Waals surface area contributed by atoms with E-state index < -0.39 is 15.9 Å². The average Bonchev–Trinajstić information content (AvgIpc) is 3.31. The Morgan fingerprint density at radius 1 is 0.943 bits per heavy atom. The Hall–Kier alpha value is -1.60. The molecule has 192 valence electrons. The van der Waals surface area contributed by atoms with Gasteiger partial charge in [0.15, 0.2) is 0 Å². The number of carbonyl (C=O) groups is 1. The fourth-order valence-electron chi connectivity index (χ4n) is 4.92. The van der Waals surface area contributed by atoms with Gasteiger partial charge in [-0.15, -0.1) is 0 Å². The van der Waals surface area contributed by atoms with Crippen LogP contribution in [0.4, 0.5) is 0 Å². The summed E-state index contributed by atoms with van der Waals surface area (Å²) in [6.45, 7) is 7.31. The first-order chi connectivity index (χ1) is 16.6. The highest BCUT2D eigenvalue weighted by atomic mass is 31.2. The van der Waals surface area contributed by atoms with Crippen LogP contribution in [0.5, 0.6) is 0 Å². The van der Waals surface area contributed by atoms with Gasteiger partial charge in [-0.1, -0.05) is 81.4 Å². The maximum absolute atomic E-state index is 12.3. The minimum absolute atomic E-state index is 0.00354. The van der Waals surface area contributed by atoms with Crippen molar-refractivity contribution in [3.8, 4) is 0 Å². The van der Waals surface area contributed by atoms with Crippen molar-refractivity contribution in [2.24, 2.45) is 0 Å². The molecule has 1 aliphatic rings. The summed E-state index contributed by atoms with van der Waals surface area (Å²) >= 11 is 0. The molecule has 1 heterocycles. The van der Waals surface area contributed by atoms with Crippen molar-refractivity contribution in [3.63, 3.8) is 0 Å². The van der Waals surface area contributed by atoms with Crippen LogP contribution >= 0.6 is 7.60 Å². The monoisotopic (exact) mass is 518 g/mol. The van der Waals surface area contributed by atoms with Crippen molar-refractivity contribution >= 4 is 32.1 Å². The van der Waals surface area contributed by atoms with E-state index in [4.69, 9.17) is 18.2 Å². The van der Waals surface area contributed by atoms with Crippen LogP contribution in [0.2, 0.25) is 5.04 Å². The molecule has 0 radical (unpaired) electrons. The summed E-state index contributed by atoms with van der Waals surface area (Å²) < 4.78 is 35.2. The van der Waals surface area contributed by atoms with E-state index in [0.29, 0.717) is 19.4 Å². The molecule has 0 bridgehead atoms. The van der Waals surface area contributed by atoms with E-state index in [-0.39, 0.29) is 29.2 Å². The molecule has 8 heteroatoms. The Kier molecular flexibility index (Phi) is 9.66. The summed E-state index contributed by atoms with van der Waals surface area (Å²) in [6.07, 6.45) is 2.45. The van der Waals surface area contributed by atoms with Gasteiger partial charge in [0.25, 0.3) is 8.32 Å². The zero-order chi connectivity index (χ0) is 25.5. The molecular formula is C27H39O6PSi. The molecule has 0 N–H and O–H groups in total. The molecule has 0 saturated carbocycles. The maximum atomic E-state index is 12.3. The van der Waals surface area contributed by atoms with Crippen LogP contribution in [0.25, 0.3) is 0 Å². The summed E-state index contributed by atoms with van der Waals surface area (Å²) in [5.41, 5.74) is 0. The molecule has 2 aromatic rings. The molecule has 6 nitrogen and oxygen atoms in total. The van der Waals surface area contributed by atoms with Crippen LogP contribution in [-0.4, -0.2) is 53.3 Å². The van der Waals surface area contributed by atoms with Crippen molar-refractivity contribution in [2.45, 2.75) is 63.7 Å². The second-order valence-corrected chi connectivity index (χ2v) is 16.7. The van der Waals surface area contributed by atoms with Crippen molar-refractivity contribution in [1.82, 2.24) is 0 Å². The molecule has 1 saturated heterocycles. The van der Waals surface area contributed by atoms with Gasteiger partial charge in [0.1, 0.15) is 11.9 Å². The predicted octanol–water partition coefficient (Wildman–Crippen LogP) is 4.95. The molecule has 3 rings (SSSR count). The number of ketones is 1. The summed E-state index contributed by atoms with van der Waals surface area (Å²) in [4.78, 5) is 12.3. The number of benzene rings is 2. The fraction of sp³-hybridized carbons (Fsp3) is 0.519. The van der Waals surface area contributed by atoms with Gasteiger partial charge >= 0.3 is 7.60 Å². The molecular weight excluding hydrogens is 479 g/mol. The minimum Gasteiger partial charge on any atom is -0.405 e. The van der Waals surface area contributed by atoms with Gasteiger partial charge in [-0.05, 0) is 34.7 Å². The molecule has 0 amide bonds. The van der Waals surface area contributed by atoms with E-state index in [0.717, 1.165) is 12.8 Å². The normalized spacial score (nSPS) is 19.1. The first kappa shape index (κ1) is 28.0. The van der Waals surface area contributed by atoms with E-state index in [1.807, 2.05) is 12.1 Å². The Labute approximate surface area is 211 Å². The van der Waals surface area contributed by atoms with Gasteiger partial charge < -0.3 is 18.2 Å².